The molecule has 0 bridgehead atoms. The third-order valence-corrected chi connectivity index (χ3v) is 16.5. The molecule has 0 saturated heterocycles. The smallest absolute Gasteiger partial charge is 0.0726 e. The summed E-state index contributed by atoms with van der Waals surface area (Å²) in [5.41, 5.74) is 25.9. The van der Waals surface area contributed by atoms with E-state index in [0.29, 0.717) is 0 Å². The van der Waals surface area contributed by atoms with Crippen molar-refractivity contribution in [1.82, 2.24) is 0 Å². The molecule has 13 aromatic carbocycles. The Morgan fingerprint density at radius 1 is 0.177 bits per heavy atom. The Bertz CT molecular complexity index is 4150. The van der Waals surface area contributed by atoms with Crippen molar-refractivity contribution in [3.05, 3.63) is 338 Å². The second kappa shape index (κ2) is 19.1. The SMILES string of the molecule is c1ccc(-c2ccc(N(c3ccc(-c4ccccc4)cc3)c3ccc4c(c3)C3(c5ccccc5-c5ccccc53)c3cc5cc(N(c6ccc(-c7ccccc7)cc6)c6ccc(-c7ccccc7)cc6)ccc5cc3-4)cc2)cc1. The first-order valence-electron chi connectivity index (χ1n) is 27.3. The lowest BCUT2D eigenvalue weighted by molar-refractivity contribution is 0.795. The van der Waals surface area contributed by atoms with Crippen molar-refractivity contribution in [2.75, 3.05) is 9.80 Å². The summed E-state index contributed by atoms with van der Waals surface area (Å²) >= 11 is 0. The van der Waals surface area contributed by atoms with Gasteiger partial charge in [0.05, 0.1) is 5.41 Å². The number of hydrogen-bond donors (Lipinski definition) is 0. The minimum atomic E-state index is -0.585. The fourth-order valence-corrected chi connectivity index (χ4v) is 12.8. The summed E-state index contributed by atoms with van der Waals surface area (Å²) in [6, 6.07) is 116. The molecule has 2 heteroatoms. The molecule has 2 nitrogen and oxygen atoms in total. The monoisotopic (exact) mass is 1000 g/mol. The van der Waals surface area contributed by atoms with E-state index in [2.05, 4.69) is 325 Å². The molecular weight excluding hydrogens is 953 g/mol. The summed E-state index contributed by atoms with van der Waals surface area (Å²) in [5.74, 6) is 0. The zero-order chi connectivity index (χ0) is 52.3. The van der Waals surface area contributed by atoms with Crippen molar-refractivity contribution in [2.45, 2.75) is 5.41 Å². The second-order valence-corrected chi connectivity index (χ2v) is 20.8. The van der Waals surface area contributed by atoms with Crippen LogP contribution in [0.4, 0.5) is 34.1 Å². The van der Waals surface area contributed by atoms with Gasteiger partial charge in [0, 0.05) is 34.1 Å². The molecule has 370 valence electrons. The summed E-state index contributed by atoms with van der Waals surface area (Å²) < 4.78 is 0. The highest BCUT2D eigenvalue weighted by Crippen LogP contribution is 2.64. The molecule has 0 aliphatic heterocycles. The van der Waals surface area contributed by atoms with Gasteiger partial charge in [0.1, 0.15) is 0 Å². The Balaban J connectivity index is 0.905. The summed E-state index contributed by atoms with van der Waals surface area (Å²) in [6.07, 6.45) is 0. The van der Waals surface area contributed by atoms with Gasteiger partial charge in [-0.3, -0.25) is 0 Å². The van der Waals surface area contributed by atoms with E-state index in [9.17, 15) is 0 Å². The lowest BCUT2D eigenvalue weighted by Crippen LogP contribution is -2.26. The fraction of sp³-hybridized carbons (Fsp3) is 0.0130. The third kappa shape index (κ3) is 7.79. The number of fused-ring (bicyclic) bond motifs is 11. The maximum atomic E-state index is 2.52. The average molecular weight is 1010 g/mol. The first kappa shape index (κ1) is 46.1. The van der Waals surface area contributed by atoms with E-state index in [-0.39, 0.29) is 0 Å². The lowest BCUT2D eigenvalue weighted by atomic mass is 9.70. The molecule has 0 amide bonds. The van der Waals surface area contributed by atoms with E-state index in [1.807, 2.05) is 0 Å². The molecule has 1 spiro atoms. The van der Waals surface area contributed by atoms with Crippen molar-refractivity contribution in [1.29, 1.82) is 0 Å². The van der Waals surface area contributed by atoms with Gasteiger partial charge in [-0.15, -0.1) is 0 Å². The molecule has 0 saturated carbocycles. The maximum absolute atomic E-state index is 2.52. The van der Waals surface area contributed by atoms with E-state index in [1.54, 1.807) is 0 Å². The summed E-state index contributed by atoms with van der Waals surface area (Å²) in [7, 11) is 0. The van der Waals surface area contributed by atoms with Gasteiger partial charge in [-0.2, -0.15) is 0 Å². The molecule has 0 fully saturated rings. The number of benzene rings is 13. The van der Waals surface area contributed by atoms with E-state index in [1.165, 1.54) is 99.8 Å². The molecular formula is C77H52N2. The Morgan fingerprint density at radius 3 is 0.886 bits per heavy atom. The van der Waals surface area contributed by atoms with Crippen LogP contribution in [0.5, 0.6) is 0 Å². The zero-order valence-electron chi connectivity index (χ0n) is 43.4. The highest BCUT2D eigenvalue weighted by atomic mass is 15.1. The van der Waals surface area contributed by atoms with Crippen LogP contribution in [0.1, 0.15) is 22.3 Å². The number of rotatable bonds is 10. The van der Waals surface area contributed by atoms with Crippen molar-refractivity contribution in [3.63, 3.8) is 0 Å². The van der Waals surface area contributed by atoms with Gasteiger partial charge in [-0.1, -0.05) is 231 Å². The normalized spacial score (nSPS) is 12.4. The van der Waals surface area contributed by atoms with Crippen molar-refractivity contribution < 1.29 is 0 Å². The molecule has 0 heterocycles. The largest absolute Gasteiger partial charge is 0.310 e. The van der Waals surface area contributed by atoms with Gasteiger partial charge in [-0.05, 0) is 185 Å². The Morgan fingerprint density at radius 2 is 0.481 bits per heavy atom. The summed E-state index contributed by atoms with van der Waals surface area (Å²) in [4.78, 5) is 4.84. The van der Waals surface area contributed by atoms with Gasteiger partial charge < -0.3 is 9.80 Å². The number of nitrogens with zero attached hydrogens (tertiary/aromatic N) is 2. The van der Waals surface area contributed by atoms with Crippen LogP contribution in [0.25, 0.3) is 77.5 Å². The van der Waals surface area contributed by atoms with Crippen LogP contribution in [-0.2, 0) is 5.41 Å². The van der Waals surface area contributed by atoms with Crippen molar-refractivity contribution in [2.24, 2.45) is 0 Å². The Kier molecular flexibility index (Phi) is 11.1. The standard InChI is InChI=1S/C77H52N2/c1-5-17-53(18-6-1)57-29-38-63(39-30-57)78(64-40-31-58(32-41-64)54-19-7-2-8-20-54)67-46-37-61-50-72-71-48-47-68(52-76(71)77(75(72)51-62(61)49-67)73-27-15-13-25-69(73)70-26-14-16-28-74(70)77)79(65-42-33-59(34-43-65)55-21-9-3-10-22-55)66-44-35-60(36-45-66)56-23-11-4-12-24-56/h1-52H. The Labute approximate surface area is 462 Å². The number of anilines is 6. The highest BCUT2D eigenvalue weighted by Gasteiger charge is 2.52. The van der Waals surface area contributed by atoms with Crippen LogP contribution in [0.2, 0.25) is 0 Å². The molecule has 0 radical (unpaired) electrons. The Hall–Kier alpha value is -10.3. The van der Waals surface area contributed by atoms with Crippen LogP contribution in [0.3, 0.4) is 0 Å². The topological polar surface area (TPSA) is 6.48 Å². The predicted molar refractivity (Wildman–Crippen MR) is 331 cm³/mol. The molecule has 0 aromatic heterocycles. The van der Waals surface area contributed by atoms with Crippen molar-refractivity contribution in [3.8, 4) is 66.8 Å². The molecule has 79 heavy (non-hydrogen) atoms. The second-order valence-electron chi connectivity index (χ2n) is 20.8. The molecule has 2 aliphatic carbocycles. The maximum Gasteiger partial charge on any atom is 0.0726 e. The van der Waals surface area contributed by atoms with Gasteiger partial charge in [-0.25, -0.2) is 0 Å². The first-order chi connectivity index (χ1) is 39.2. The van der Waals surface area contributed by atoms with Crippen LogP contribution in [-0.4, -0.2) is 0 Å². The van der Waals surface area contributed by atoms with Crippen LogP contribution in [0.15, 0.2) is 315 Å². The lowest BCUT2D eigenvalue weighted by Gasteiger charge is -2.32. The van der Waals surface area contributed by atoms with Crippen molar-refractivity contribution >= 4 is 44.9 Å². The summed E-state index contributed by atoms with van der Waals surface area (Å²) in [5, 5.41) is 2.39. The fourth-order valence-electron chi connectivity index (χ4n) is 12.8. The van der Waals surface area contributed by atoms with E-state index in [4.69, 9.17) is 0 Å². The van der Waals surface area contributed by atoms with Crippen LogP contribution in [0, 0.1) is 0 Å². The molecule has 13 aromatic rings. The van der Waals surface area contributed by atoms with Gasteiger partial charge in [0.25, 0.3) is 0 Å². The van der Waals surface area contributed by atoms with Gasteiger partial charge in [0.15, 0.2) is 0 Å². The molecule has 15 rings (SSSR count). The third-order valence-electron chi connectivity index (χ3n) is 16.5. The van der Waals surface area contributed by atoms with E-state index < -0.39 is 5.41 Å². The number of hydrogen-bond acceptors (Lipinski definition) is 2. The van der Waals surface area contributed by atoms with Crippen LogP contribution < -0.4 is 9.80 Å². The molecule has 2 aliphatic rings. The molecule has 0 atom stereocenters. The van der Waals surface area contributed by atoms with Gasteiger partial charge in [0.2, 0.25) is 0 Å². The minimum Gasteiger partial charge on any atom is -0.310 e. The first-order valence-corrected chi connectivity index (χ1v) is 27.3. The zero-order valence-corrected chi connectivity index (χ0v) is 43.4. The average Bonchev–Trinajstić information content (AvgIpc) is 3.98. The molecule has 0 unspecified atom stereocenters. The molecule has 0 N–H and O–H groups in total. The van der Waals surface area contributed by atoms with Crippen LogP contribution >= 0.6 is 0 Å². The van der Waals surface area contributed by atoms with E-state index >= 15 is 0 Å². The minimum absolute atomic E-state index is 0.585. The van der Waals surface area contributed by atoms with Gasteiger partial charge >= 0.3 is 0 Å². The summed E-state index contributed by atoms with van der Waals surface area (Å²) in [6.45, 7) is 0. The quantitative estimate of drug-likeness (QED) is 0.135. The predicted octanol–water partition coefficient (Wildman–Crippen LogP) is 20.8. The highest BCUT2D eigenvalue weighted by molar-refractivity contribution is 6.02. The van der Waals surface area contributed by atoms with E-state index in [0.717, 1.165) is 34.1 Å².